The molecule has 0 N–H and O–H groups in total. The molecule has 0 bridgehead atoms. The van der Waals surface area contributed by atoms with Crippen LogP contribution in [0.5, 0.6) is 5.75 Å². The summed E-state index contributed by atoms with van der Waals surface area (Å²) in [5.74, 6) is 0.659. The third kappa shape index (κ3) is 4.25. The molecule has 4 rings (SSSR count). The molecule has 1 amide bonds. The highest BCUT2D eigenvalue weighted by Gasteiger charge is 2.29. The zero-order valence-corrected chi connectivity index (χ0v) is 19.2. The number of rotatable bonds is 5. The van der Waals surface area contributed by atoms with Gasteiger partial charge < -0.3 is 19.0 Å². The number of carbonyl (C=O) groups excluding carboxylic acids is 1. The summed E-state index contributed by atoms with van der Waals surface area (Å²) in [5, 5.41) is 5.65. The first kappa shape index (κ1) is 21.6. The molecule has 2 aromatic heterocycles. The molecular formula is C22H24Cl2N4O3. The number of halogens is 2. The maximum Gasteiger partial charge on any atom is 0.244 e. The molecule has 3 aromatic rings. The fourth-order valence-electron chi connectivity index (χ4n) is 3.89. The number of furan rings is 1. The summed E-state index contributed by atoms with van der Waals surface area (Å²) in [6.07, 6.45) is 3.16. The van der Waals surface area contributed by atoms with Gasteiger partial charge in [0.05, 0.1) is 35.4 Å². The second kappa shape index (κ2) is 8.85. The molecule has 0 aliphatic carbocycles. The molecule has 1 atom stereocenters. The Morgan fingerprint density at radius 2 is 2.10 bits per heavy atom. The molecule has 0 unspecified atom stereocenters. The van der Waals surface area contributed by atoms with Crippen molar-refractivity contribution in [3.8, 4) is 17.0 Å². The van der Waals surface area contributed by atoms with E-state index >= 15 is 0 Å². The lowest BCUT2D eigenvalue weighted by Gasteiger charge is -2.41. The third-order valence-corrected chi connectivity index (χ3v) is 6.43. The normalized spacial score (nSPS) is 16.6. The van der Waals surface area contributed by atoms with Crippen LogP contribution in [-0.4, -0.2) is 53.4 Å². The summed E-state index contributed by atoms with van der Waals surface area (Å²) >= 11 is 12.6. The topological polar surface area (TPSA) is 63.7 Å². The van der Waals surface area contributed by atoms with E-state index in [1.54, 1.807) is 30.4 Å². The van der Waals surface area contributed by atoms with Crippen molar-refractivity contribution in [1.82, 2.24) is 14.7 Å². The number of amides is 1. The summed E-state index contributed by atoms with van der Waals surface area (Å²) in [6, 6.07) is 7.58. The van der Waals surface area contributed by atoms with E-state index in [4.69, 9.17) is 32.4 Å². The van der Waals surface area contributed by atoms with Gasteiger partial charge >= 0.3 is 0 Å². The van der Waals surface area contributed by atoms with Crippen LogP contribution < -0.4 is 9.64 Å². The first-order valence-corrected chi connectivity index (χ1v) is 10.8. The number of nitrogens with zero attached hydrogens (tertiary/aromatic N) is 4. The molecule has 1 saturated heterocycles. The lowest BCUT2D eigenvalue weighted by molar-refractivity contribution is -0.134. The van der Waals surface area contributed by atoms with Crippen molar-refractivity contribution >= 4 is 34.8 Å². The van der Waals surface area contributed by atoms with Gasteiger partial charge in [-0.25, -0.2) is 0 Å². The smallest absolute Gasteiger partial charge is 0.244 e. The Morgan fingerprint density at radius 1 is 1.29 bits per heavy atom. The van der Waals surface area contributed by atoms with Crippen molar-refractivity contribution in [3.63, 3.8) is 0 Å². The van der Waals surface area contributed by atoms with E-state index in [0.717, 1.165) is 30.0 Å². The fourth-order valence-corrected chi connectivity index (χ4v) is 4.33. The zero-order chi connectivity index (χ0) is 22.1. The molecule has 3 heterocycles. The molecule has 1 aliphatic rings. The van der Waals surface area contributed by atoms with Crippen LogP contribution >= 0.6 is 23.2 Å². The highest BCUT2D eigenvalue weighted by Crippen LogP contribution is 2.31. The summed E-state index contributed by atoms with van der Waals surface area (Å²) in [7, 11) is 1.60. The monoisotopic (exact) mass is 462 g/mol. The lowest BCUT2D eigenvalue weighted by Crippen LogP contribution is -2.54. The zero-order valence-electron chi connectivity index (χ0n) is 17.6. The van der Waals surface area contributed by atoms with Gasteiger partial charge in [0.25, 0.3) is 0 Å². The Hall–Kier alpha value is -2.64. The van der Waals surface area contributed by atoms with Gasteiger partial charge in [-0.2, -0.15) is 5.10 Å². The first-order chi connectivity index (χ1) is 14.9. The standard InChI is InChI=1S/C22H24Cl2N4O3/c1-14-11-26(17-4-5-18(23)19(10-17)30-3)7-8-27(14)20(29)12-28-15(2)21(24)22(25-28)16-6-9-31-13-16/h4-6,9-10,13-14H,7-8,11-12H2,1-3H3/t14-/m0/s1. The van der Waals surface area contributed by atoms with Crippen molar-refractivity contribution in [3.05, 3.63) is 52.5 Å². The molecule has 1 fully saturated rings. The van der Waals surface area contributed by atoms with E-state index in [-0.39, 0.29) is 18.5 Å². The van der Waals surface area contributed by atoms with Crippen molar-refractivity contribution in [2.24, 2.45) is 0 Å². The van der Waals surface area contributed by atoms with Gasteiger partial charge in [0.15, 0.2) is 0 Å². The lowest BCUT2D eigenvalue weighted by atomic mass is 10.1. The number of piperazine rings is 1. The predicted octanol–water partition coefficient (Wildman–Crippen LogP) is 4.50. The summed E-state index contributed by atoms with van der Waals surface area (Å²) in [6.45, 7) is 6.12. The van der Waals surface area contributed by atoms with Gasteiger partial charge in [-0.1, -0.05) is 23.2 Å². The SMILES string of the molecule is COc1cc(N2CCN(C(=O)Cn3nc(-c4ccoc4)c(Cl)c3C)[C@@H](C)C2)ccc1Cl. The van der Waals surface area contributed by atoms with Crippen molar-refractivity contribution < 1.29 is 13.9 Å². The average Bonchev–Trinajstić information content (AvgIpc) is 3.38. The van der Waals surface area contributed by atoms with Crippen LogP contribution in [0.15, 0.2) is 41.2 Å². The van der Waals surface area contributed by atoms with Crippen molar-refractivity contribution in [2.45, 2.75) is 26.4 Å². The van der Waals surface area contributed by atoms with Crippen molar-refractivity contribution in [1.29, 1.82) is 0 Å². The van der Waals surface area contributed by atoms with E-state index in [2.05, 4.69) is 16.9 Å². The van der Waals surface area contributed by atoms with Gasteiger partial charge in [0.2, 0.25) is 5.91 Å². The first-order valence-electron chi connectivity index (χ1n) is 10.0. The summed E-state index contributed by atoms with van der Waals surface area (Å²) < 4.78 is 12.1. The number of anilines is 1. The Morgan fingerprint density at radius 3 is 2.77 bits per heavy atom. The van der Waals surface area contributed by atoms with E-state index < -0.39 is 0 Å². The molecule has 1 aliphatic heterocycles. The van der Waals surface area contributed by atoms with Gasteiger partial charge in [0.1, 0.15) is 18.0 Å². The Bertz CT molecular complexity index is 1080. The van der Waals surface area contributed by atoms with E-state index in [0.29, 0.717) is 28.0 Å². The number of benzene rings is 1. The Labute approximate surface area is 191 Å². The molecule has 164 valence electrons. The van der Waals surface area contributed by atoms with Crippen LogP contribution in [0.25, 0.3) is 11.3 Å². The van der Waals surface area contributed by atoms with Crippen LogP contribution in [0.3, 0.4) is 0 Å². The maximum absolute atomic E-state index is 13.1. The number of hydrogen-bond donors (Lipinski definition) is 0. The highest BCUT2D eigenvalue weighted by molar-refractivity contribution is 6.33. The van der Waals surface area contributed by atoms with Gasteiger partial charge in [-0.05, 0) is 32.0 Å². The van der Waals surface area contributed by atoms with E-state index in [1.807, 2.05) is 30.0 Å². The molecule has 9 heteroatoms. The average molecular weight is 463 g/mol. The second-order valence-corrected chi connectivity index (χ2v) is 8.40. The summed E-state index contributed by atoms with van der Waals surface area (Å²) in [5.41, 5.74) is 3.19. The molecule has 1 aromatic carbocycles. The molecule has 0 spiro atoms. The van der Waals surface area contributed by atoms with Gasteiger partial charge in [-0.3, -0.25) is 9.48 Å². The molecule has 7 nitrogen and oxygen atoms in total. The highest BCUT2D eigenvalue weighted by atomic mass is 35.5. The Balaban J connectivity index is 1.45. The van der Waals surface area contributed by atoms with E-state index in [9.17, 15) is 4.79 Å². The molecular weight excluding hydrogens is 439 g/mol. The van der Waals surface area contributed by atoms with Crippen LogP contribution in [-0.2, 0) is 11.3 Å². The molecule has 0 radical (unpaired) electrons. The third-order valence-electron chi connectivity index (χ3n) is 5.66. The number of ether oxygens (including phenoxy) is 1. The molecule has 31 heavy (non-hydrogen) atoms. The van der Waals surface area contributed by atoms with E-state index in [1.165, 1.54) is 0 Å². The van der Waals surface area contributed by atoms with Gasteiger partial charge in [0, 0.05) is 43.0 Å². The maximum atomic E-state index is 13.1. The van der Waals surface area contributed by atoms with Crippen LogP contribution in [0.2, 0.25) is 10.0 Å². The number of hydrogen-bond acceptors (Lipinski definition) is 5. The number of methoxy groups -OCH3 is 1. The fraction of sp³-hybridized carbons (Fsp3) is 0.364. The van der Waals surface area contributed by atoms with Crippen LogP contribution in [0.4, 0.5) is 5.69 Å². The second-order valence-electron chi connectivity index (χ2n) is 7.62. The summed E-state index contributed by atoms with van der Waals surface area (Å²) in [4.78, 5) is 17.2. The minimum Gasteiger partial charge on any atom is -0.495 e. The minimum absolute atomic E-state index is 0.0156. The quantitative estimate of drug-likeness (QED) is 0.558. The molecule has 0 saturated carbocycles. The van der Waals surface area contributed by atoms with Crippen molar-refractivity contribution in [2.75, 3.05) is 31.6 Å². The number of aromatic nitrogens is 2. The van der Waals surface area contributed by atoms with Crippen LogP contribution in [0.1, 0.15) is 12.6 Å². The Kier molecular flexibility index (Phi) is 6.16. The van der Waals surface area contributed by atoms with Gasteiger partial charge in [-0.15, -0.1) is 0 Å². The predicted molar refractivity (Wildman–Crippen MR) is 121 cm³/mol. The minimum atomic E-state index is 0.0156. The number of carbonyl (C=O) groups is 1. The van der Waals surface area contributed by atoms with Crippen LogP contribution in [0, 0.1) is 6.92 Å². The largest absolute Gasteiger partial charge is 0.495 e.